The standard InChI is InChI=1S/C15H14N2O3S/c1-9-7-13(14(21-9)15(18)19)20-8-11-10-5-3-4-6-12(10)17(2)16-11/h3-7H,8H2,1-2H3,(H,18,19). The third kappa shape index (κ3) is 2.50. The number of benzene rings is 1. The molecule has 2 heterocycles. The van der Waals surface area contributed by atoms with Crippen molar-refractivity contribution in [3.05, 3.63) is 45.8 Å². The van der Waals surface area contributed by atoms with Crippen molar-refractivity contribution in [2.75, 3.05) is 0 Å². The summed E-state index contributed by atoms with van der Waals surface area (Å²) in [6.07, 6.45) is 0. The van der Waals surface area contributed by atoms with E-state index in [0.717, 1.165) is 21.5 Å². The first-order valence-corrected chi connectivity index (χ1v) is 7.25. The van der Waals surface area contributed by atoms with Crippen LogP contribution in [0.15, 0.2) is 30.3 Å². The molecule has 0 spiro atoms. The summed E-state index contributed by atoms with van der Waals surface area (Å²) in [6.45, 7) is 2.11. The molecule has 0 saturated carbocycles. The third-order valence-corrected chi connectivity index (χ3v) is 4.23. The fraction of sp³-hybridized carbons (Fsp3) is 0.200. The fourth-order valence-electron chi connectivity index (χ4n) is 2.29. The first-order chi connectivity index (χ1) is 10.1. The molecule has 0 aliphatic heterocycles. The second-order valence-corrected chi connectivity index (χ2v) is 5.99. The molecule has 2 aromatic heterocycles. The molecule has 0 atom stereocenters. The predicted octanol–water partition coefficient (Wildman–Crippen LogP) is 3.22. The Labute approximate surface area is 125 Å². The Morgan fingerprint density at radius 2 is 2.19 bits per heavy atom. The molecule has 0 aliphatic carbocycles. The van der Waals surface area contributed by atoms with Gasteiger partial charge in [-0.25, -0.2) is 4.79 Å². The van der Waals surface area contributed by atoms with Crippen molar-refractivity contribution >= 4 is 28.2 Å². The molecule has 0 bridgehead atoms. The molecular formula is C15H14N2O3S. The Balaban J connectivity index is 1.89. The zero-order valence-corrected chi connectivity index (χ0v) is 12.5. The van der Waals surface area contributed by atoms with Crippen LogP contribution >= 0.6 is 11.3 Å². The van der Waals surface area contributed by atoms with E-state index in [1.807, 2.05) is 38.2 Å². The summed E-state index contributed by atoms with van der Waals surface area (Å²) < 4.78 is 7.48. The van der Waals surface area contributed by atoms with Gasteiger partial charge in [-0.1, -0.05) is 18.2 Å². The van der Waals surface area contributed by atoms with Crippen LogP contribution in [0.1, 0.15) is 20.2 Å². The number of hydrogen-bond donors (Lipinski definition) is 1. The number of aromatic carboxylic acids is 1. The monoisotopic (exact) mass is 302 g/mol. The number of aromatic nitrogens is 2. The molecule has 0 radical (unpaired) electrons. The predicted molar refractivity (Wildman–Crippen MR) is 81.1 cm³/mol. The van der Waals surface area contributed by atoms with Gasteiger partial charge in [0, 0.05) is 17.3 Å². The van der Waals surface area contributed by atoms with Gasteiger partial charge in [0.05, 0.1) is 5.52 Å². The van der Waals surface area contributed by atoms with Crippen LogP contribution in [0, 0.1) is 6.92 Å². The lowest BCUT2D eigenvalue weighted by Gasteiger charge is -2.03. The Hall–Kier alpha value is -2.34. The van der Waals surface area contributed by atoms with E-state index in [1.54, 1.807) is 10.7 Å². The SMILES string of the molecule is Cc1cc(OCc2nn(C)c3ccccc23)c(C(=O)O)s1. The van der Waals surface area contributed by atoms with E-state index in [2.05, 4.69) is 5.10 Å². The zero-order chi connectivity index (χ0) is 15.0. The molecule has 1 aromatic carbocycles. The normalized spacial score (nSPS) is 11.0. The molecule has 3 rings (SSSR count). The van der Waals surface area contributed by atoms with E-state index in [0.29, 0.717) is 5.75 Å². The summed E-state index contributed by atoms with van der Waals surface area (Å²) in [6, 6.07) is 9.63. The number of carbonyl (C=O) groups is 1. The summed E-state index contributed by atoms with van der Waals surface area (Å²) in [5, 5.41) is 14.6. The first-order valence-electron chi connectivity index (χ1n) is 6.43. The number of thiophene rings is 1. The number of hydrogen-bond acceptors (Lipinski definition) is 4. The highest BCUT2D eigenvalue weighted by molar-refractivity contribution is 7.14. The summed E-state index contributed by atoms with van der Waals surface area (Å²) in [5.41, 5.74) is 1.82. The minimum Gasteiger partial charge on any atom is -0.485 e. The van der Waals surface area contributed by atoms with Gasteiger partial charge in [0.25, 0.3) is 0 Å². The molecule has 108 valence electrons. The lowest BCUT2D eigenvalue weighted by atomic mass is 10.2. The van der Waals surface area contributed by atoms with Crippen molar-refractivity contribution in [1.29, 1.82) is 0 Å². The van der Waals surface area contributed by atoms with Crippen molar-refractivity contribution in [2.45, 2.75) is 13.5 Å². The third-order valence-electron chi connectivity index (χ3n) is 3.21. The molecule has 0 amide bonds. The van der Waals surface area contributed by atoms with E-state index in [1.165, 1.54) is 11.3 Å². The molecule has 5 nitrogen and oxygen atoms in total. The summed E-state index contributed by atoms with van der Waals surface area (Å²) >= 11 is 1.22. The number of nitrogens with zero attached hydrogens (tertiary/aromatic N) is 2. The van der Waals surface area contributed by atoms with Crippen LogP contribution in [0.2, 0.25) is 0 Å². The smallest absolute Gasteiger partial charge is 0.349 e. The number of para-hydroxylation sites is 1. The van der Waals surface area contributed by atoms with Gasteiger partial charge >= 0.3 is 5.97 Å². The molecule has 1 N–H and O–H groups in total. The van der Waals surface area contributed by atoms with Crippen LogP contribution in [0.3, 0.4) is 0 Å². The van der Waals surface area contributed by atoms with Crippen molar-refractivity contribution in [3.63, 3.8) is 0 Å². The quantitative estimate of drug-likeness (QED) is 0.803. The minimum atomic E-state index is -0.964. The van der Waals surface area contributed by atoms with Gasteiger partial charge in [0.2, 0.25) is 0 Å². The van der Waals surface area contributed by atoms with Gasteiger partial charge in [-0.05, 0) is 19.1 Å². The van der Waals surface area contributed by atoms with E-state index < -0.39 is 5.97 Å². The van der Waals surface area contributed by atoms with Crippen molar-refractivity contribution in [1.82, 2.24) is 9.78 Å². The minimum absolute atomic E-state index is 0.229. The maximum absolute atomic E-state index is 11.2. The van der Waals surface area contributed by atoms with Gasteiger partial charge in [-0.2, -0.15) is 5.10 Å². The van der Waals surface area contributed by atoms with Gasteiger partial charge in [0.1, 0.15) is 18.1 Å². The van der Waals surface area contributed by atoms with Crippen LogP contribution in [0.5, 0.6) is 5.75 Å². The number of fused-ring (bicyclic) bond motifs is 1. The van der Waals surface area contributed by atoms with Gasteiger partial charge in [-0.3, -0.25) is 4.68 Å². The average molecular weight is 302 g/mol. The van der Waals surface area contributed by atoms with E-state index in [4.69, 9.17) is 9.84 Å². The topological polar surface area (TPSA) is 64.4 Å². The van der Waals surface area contributed by atoms with Gasteiger partial charge in [0.15, 0.2) is 4.88 Å². The Bertz CT molecular complexity index is 820. The summed E-state index contributed by atoms with van der Waals surface area (Å²) in [7, 11) is 1.88. The number of carboxylic acid groups (broad SMARTS) is 1. The molecule has 0 fully saturated rings. The number of aryl methyl sites for hydroxylation is 2. The van der Waals surface area contributed by atoms with Gasteiger partial charge in [-0.15, -0.1) is 11.3 Å². The van der Waals surface area contributed by atoms with Crippen molar-refractivity contribution in [3.8, 4) is 5.75 Å². The van der Waals surface area contributed by atoms with E-state index in [-0.39, 0.29) is 11.5 Å². The lowest BCUT2D eigenvalue weighted by Crippen LogP contribution is -2.01. The first kappa shape index (κ1) is 13.6. The molecule has 21 heavy (non-hydrogen) atoms. The second kappa shape index (κ2) is 5.21. The Morgan fingerprint density at radius 3 is 2.95 bits per heavy atom. The highest BCUT2D eigenvalue weighted by atomic mass is 32.1. The largest absolute Gasteiger partial charge is 0.485 e. The molecule has 0 unspecified atom stereocenters. The number of rotatable bonds is 4. The lowest BCUT2D eigenvalue weighted by molar-refractivity contribution is 0.0697. The molecular weight excluding hydrogens is 288 g/mol. The number of ether oxygens (including phenoxy) is 1. The summed E-state index contributed by atoms with van der Waals surface area (Å²) in [5.74, 6) is -0.561. The Kier molecular flexibility index (Phi) is 3.39. The van der Waals surface area contributed by atoms with Crippen molar-refractivity contribution < 1.29 is 14.6 Å². The van der Waals surface area contributed by atoms with Crippen LogP contribution in [0.4, 0.5) is 0 Å². The highest BCUT2D eigenvalue weighted by Crippen LogP contribution is 2.30. The molecule has 6 heteroatoms. The van der Waals surface area contributed by atoms with E-state index in [9.17, 15) is 4.79 Å². The van der Waals surface area contributed by atoms with Crippen LogP contribution in [-0.2, 0) is 13.7 Å². The van der Waals surface area contributed by atoms with Crippen LogP contribution < -0.4 is 4.74 Å². The highest BCUT2D eigenvalue weighted by Gasteiger charge is 2.16. The van der Waals surface area contributed by atoms with Crippen LogP contribution in [-0.4, -0.2) is 20.9 Å². The maximum atomic E-state index is 11.2. The fourth-order valence-corrected chi connectivity index (χ4v) is 3.08. The van der Waals surface area contributed by atoms with Crippen molar-refractivity contribution in [2.24, 2.45) is 7.05 Å². The van der Waals surface area contributed by atoms with Gasteiger partial charge < -0.3 is 9.84 Å². The summed E-state index contributed by atoms with van der Waals surface area (Å²) in [4.78, 5) is 12.3. The second-order valence-electron chi connectivity index (χ2n) is 4.73. The maximum Gasteiger partial charge on any atom is 0.349 e. The molecule has 0 aliphatic rings. The number of carboxylic acids is 1. The Morgan fingerprint density at radius 1 is 1.43 bits per heavy atom. The molecule has 0 saturated heterocycles. The average Bonchev–Trinajstić information content (AvgIpc) is 2.98. The molecule has 3 aromatic rings. The van der Waals surface area contributed by atoms with E-state index >= 15 is 0 Å². The zero-order valence-electron chi connectivity index (χ0n) is 11.7. The van der Waals surface area contributed by atoms with Crippen LogP contribution in [0.25, 0.3) is 10.9 Å².